The van der Waals surface area contributed by atoms with E-state index in [2.05, 4.69) is 4.98 Å². The Hall–Kier alpha value is -2.93. The topological polar surface area (TPSA) is 62.7 Å². The van der Waals surface area contributed by atoms with Gasteiger partial charge in [0.15, 0.2) is 5.13 Å². The number of rotatable bonds is 6. The van der Waals surface area contributed by atoms with Crippen LogP contribution in [0.4, 0.5) is 10.8 Å². The maximum absolute atomic E-state index is 13.2. The minimum atomic E-state index is -0.374. The minimum Gasteiger partial charge on any atom is -0.494 e. The SMILES string of the molecule is CCOc1ccc(N2C[C@@H](C(=O)N(CC)c3nc4ccccc4s3)CC2=O)cc1. The van der Waals surface area contributed by atoms with E-state index in [-0.39, 0.29) is 24.2 Å². The fourth-order valence-corrected chi connectivity index (χ4v) is 4.63. The molecule has 1 saturated heterocycles. The van der Waals surface area contributed by atoms with Crippen LogP contribution in [0.25, 0.3) is 10.2 Å². The monoisotopic (exact) mass is 409 g/mol. The zero-order valence-electron chi connectivity index (χ0n) is 16.5. The third-order valence-corrected chi connectivity index (χ3v) is 6.09. The molecule has 3 aromatic rings. The second-order valence-electron chi connectivity index (χ2n) is 6.88. The van der Waals surface area contributed by atoms with E-state index in [1.54, 1.807) is 9.80 Å². The molecule has 0 radical (unpaired) electrons. The van der Waals surface area contributed by atoms with Gasteiger partial charge in [-0.3, -0.25) is 14.5 Å². The molecule has 1 aromatic heterocycles. The fraction of sp³-hybridized carbons (Fsp3) is 0.318. The van der Waals surface area contributed by atoms with Crippen LogP contribution in [-0.2, 0) is 9.59 Å². The molecule has 1 fully saturated rings. The van der Waals surface area contributed by atoms with Gasteiger partial charge in [0.1, 0.15) is 5.75 Å². The molecule has 1 atom stereocenters. The Balaban J connectivity index is 1.51. The van der Waals surface area contributed by atoms with Crippen LogP contribution in [0.15, 0.2) is 48.5 Å². The molecule has 7 heteroatoms. The summed E-state index contributed by atoms with van der Waals surface area (Å²) >= 11 is 1.50. The number of carbonyl (C=O) groups is 2. The summed E-state index contributed by atoms with van der Waals surface area (Å²) in [5, 5.41) is 0.686. The van der Waals surface area contributed by atoms with Crippen molar-refractivity contribution in [1.29, 1.82) is 0 Å². The summed E-state index contributed by atoms with van der Waals surface area (Å²) in [6, 6.07) is 15.3. The number of fused-ring (bicyclic) bond motifs is 1. The van der Waals surface area contributed by atoms with Gasteiger partial charge in [0.2, 0.25) is 11.8 Å². The molecule has 2 aromatic carbocycles. The van der Waals surface area contributed by atoms with Crippen LogP contribution >= 0.6 is 11.3 Å². The number of hydrogen-bond acceptors (Lipinski definition) is 5. The van der Waals surface area contributed by atoms with Gasteiger partial charge in [-0.15, -0.1) is 0 Å². The highest BCUT2D eigenvalue weighted by molar-refractivity contribution is 7.22. The Morgan fingerprint density at radius 1 is 1.21 bits per heavy atom. The maximum Gasteiger partial charge on any atom is 0.234 e. The number of nitrogens with zero attached hydrogens (tertiary/aromatic N) is 3. The molecular formula is C22H23N3O3S. The molecule has 6 nitrogen and oxygen atoms in total. The maximum atomic E-state index is 13.2. The van der Waals surface area contributed by atoms with Gasteiger partial charge in [0.05, 0.1) is 22.7 Å². The van der Waals surface area contributed by atoms with Crippen LogP contribution in [0, 0.1) is 5.92 Å². The van der Waals surface area contributed by atoms with E-state index in [1.165, 1.54) is 11.3 Å². The van der Waals surface area contributed by atoms with Crippen LogP contribution in [0.2, 0.25) is 0 Å². The molecule has 29 heavy (non-hydrogen) atoms. The van der Waals surface area contributed by atoms with Crippen molar-refractivity contribution >= 4 is 44.2 Å². The van der Waals surface area contributed by atoms with Crippen LogP contribution < -0.4 is 14.5 Å². The molecular weight excluding hydrogens is 386 g/mol. The second-order valence-corrected chi connectivity index (χ2v) is 7.89. The standard InChI is InChI=1S/C22H23N3O3S/c1-3-24(22-23-18-7-5-6-8-19(18)29-22)21(27)15-13-20(26)25(14-15)16-9-11-17(12-10-16)28-4-2/h5-12,15H,3-4,13-14H2,1-2H3/t15-/m0/s1. The largest absolute Gasteiger partial charge is 0.494 e. The van der Waals surface area contributed by atoms with E-state index in [9.17, 15) is 9.59 Å². The number of anilines is 2. The lowest BCUT2D eigenvalue weighted by atomic mass is 10.1. The zero-order valence-corrected chi connectivity index (χ0v) is 17.3. The van der Waals surface area contributed by atoms with Crippen LogP contribution in [-0.4, -0.2) is 36.5 Å². The van der Waals surface area contributed by atoms with Crippen molar-refractivity contribution in [3.8, 4) is 5.75 Å². The highest BCUT2D eigenvalue weighted by Crippen LogP contribution is 2.32. The summed E-state index contributed by atoms with van der Waals surface area (Å²) in [5.41, 5.74) is 1.68. The van der Waals surface area contributed by atoms with Gasteiger partial charge in [0, 0.05) is 25.2 Å². The third-order valence-electron chi connectivity index (χ3n) is 5.03. The number of hydrogen-bond donors (Lipinski definition) is 0. The van der Waals surface area contributed by atoms with E-state index in [4.69, 9.17) is 4.74 Å². The molecule has 1 aliphatic rings. The summed E-state index contributed by atoms with van der Waals surface area (Å²) in [6.07, 6.45) is 0.216. The number of thiazole rings is 1. The van der Waals surface area contributed by atoms with Gasteiger partial charge in [-0.1, -0.05) is 23.5 Å². The van der Waals surface area contributed by atoms with Crippen molar-refractivity contribution in [3.63, 3.8) is 0 Å². The zero-order chi connectivity index (χ0) is 20.4. The van der Waals surface area contributed by atoms with Gasteiger partial charge in [-0.05, 0) is 50.2 Å². The molecule has 0 saturated carbocycles. The van der Waals surface area contributed by atoms with Crippen molar-refractivity contribution < 1.29 is 14.3 Å². The predicted molar refractivity (Wildman–Crippen MR) is 116 cm³/mol. The Morgan fingerprint density at radius 3 is 2.66 bits per heavy atom. The fourth-order valence-electron chi connectivity index (χ4n) is 3.59. The van der Waals surface area contributed by atoms with E-state index in [0.29, 0.717) is 24.8 Å². The molecule has 1 aliphatic heterocycles. The molecule has 2 heterocycles. The van der Waals surface area contributed by atoms with E-state index >= 15 is 0 Å². The van der Waals surface area contributed by atoms with Crippen molar-refractivity contribution in [1.82, 2.24) is 4.98 Å². The average molecular weight is 410 g/mol. The molecule has 0 aliphatic carbocycles. The highest BCUT2D eigenvalue weighted by atomic mass is 32.1. The molecule has 2 amide bonds. The first-order chi connectivity index (χ1) is 14.1. The van der Waals surface area contributed by atoms with Crippen LogP contribution in [0.5, 0.6) is 5.75 Å². The van der Waals surface area contributed by atoms with Crippen molar-refractivity contribution in [2.45, 2.75) is 20.3 Å². The first kappa shape index (κ1) is 19.4. The highest BCUT2D eigenvalue weighted by Gasteiger charge is 2.38. The van der Waals surface area contributed by atoms with Crippen molar-refractivity contribution in [3.05, 3.63) is 48.5 Å². The molecule has 0 unspecified atom stereocenters. The number of ether oxygens (including phenoxy) is 1. The Kier molecular flexibility index (Phi) is 5.49. The van der Waals surface area contributed by atoms with Gasteiger partial charge in [-0.2, -0.15) is 0 Å². The lowest BCUT2D eigenvalue weighted by molar-refractivity contribution is -0.124. The lowest BCUT2D eigenvalue weighted by Gasteiger charge is -2.22. The Morgan fingerprint density at radius 2 is 1.97 bits per heavy atom. The molecule has 4 rings (SSSR count). The summed E-state index contributed by atoms with van der Waals surface area (Å²) in [6.45, 7) is 5.36. The quantitative estimate of drug-likeness (QED) is 0.615. The first-order valence-corrected chi connectivity index (χ1v) is 10.6. The van der Waals surface area contributed by atoms with Gasteiger partial charge in [-0.25, -0.2) is 4.98 Å². The van der Waals surface area contributed by atoms with E-state index in [1.807, 2.05) is 62.4 Å². The van der Waals surface area contributed by atoms with Gasteiger partial charge >= 0.3 is 0 Å². The summed E-state index contributed by atoms with van der Waals surface area (Å²) < 4.78 is 6.51. The third kappa shape index (κ3) is 3.82. The first-order valence-electron chi connectivity index (χ1n) is 9.81. The van der Waals surface area contributed by atoms with Crippen molar-refractivity contribution in [2.75, 3.05) is 29.5 Å². The number of benzene rings is 2. The average Bonchev–Trinajstić information content (AvgIpc) is 3.33. The Bertz CT molecular complexity index is 998. The Labute approximate surface area is 173 Å². The second kappa shape index (κ2) is 8.21. The molecule has 0 N–H and O–H groups in total. The molecule has 150 valence electrons. The summed E-state index contributed by atoms with van der Waals surface area (Å²) in [4.78, 5) is 33.8. The van der Waals surface area contributed by atoms with E-state index in [0.717, 1.165) is 21.7 Å². The number of aromatic nitrogens is 1. The number of amides is 2. The lowest BCUT2D eigenvalue weighted by Crippen LogP contribution is -2.37. The van der Waals surface area contributed by atoms with E-state index < -0.39 is 0 Å². The minimum absolute atomic E-state index is 0.0344. The van der Waals surface area contributed by atoms with Crippen LogP contribution in [0.1, 0.15) is 20.3 Å². The molecule has 0 bridgehead atoms. The van der Waals surface area contributed by atoms with Crippen molar-refractivity contribution in [2.24, 2.45) is 5.92 Å². The number of para-hydroxylation sites is 1. The summed E-state index contributed by atoms with van der Waals surface area (Å²) in [5.74, 6) is 0.311. The summed E-state index contributed by atoms with van der Waals surface area (Å²) in [7, 11) is 0. The predicted octanol–water partition coefficient (Wildman–Crippen LogP) is 4.10. The smallest absolute Gasteiger partial charge is 0.234 e. The van der Waals surface area contributed by atoms with Gasteiger partial charge < -0.3 is 9.64 Å². The van der Waals surface area contributed by atoms with Crippen LogP contribution in [0.3, 0.4) is 0 Å². The van der Waals surface area contributed by atoms with Gasteiger partial charge in [0.25, 0.3) is 0 Å². The molecule has 0 spiro atoms. The number of carbonyl (C=O) groups excluding carboxylic acids is 2. The normalized spacial score (nSPS) is 16.4.